The Morgan fingerprint density at radius 3 is 2.28 bits per heavy atom. The molecule has 1 aromatic rings. The van der Waals surface area contributed by atoms with Crippen LogP contribution in [0.25, 0.3) is 0 Å². The van der Waals surface area contributed by atoms with Crippen LogP contribution in [0.4, 0.5) is 0 Å². The molecule has 0 fully saturated rings. The van der Waals surface area contributed by atoms with E-state index in [0.29, 0.717) is 17.5 Å². The first-order chi connectivity index (χ1) is 8.13. The van der Waals surface area contributed by atoms with Crippen molar-refractivity contribution in [2.45, 2.75) is 31.3 Å². The lowest BCUT2D eigenvalue weighted by Crippen LogP contribution is -2.15. The van der Waals surface area contributed by atoms with E-state index < -0.39 is 5.11 Å². The van der Waals surface area contributed by atoms with Gasteiger partial charge < -0.3 is 0 Å². The molecule has 0 aliphatic rings. The van der Waals surface area contributed by atoms with E-state index >= 15 is 0 Å². The molecule has 1 heterocycles. The zero-order valence-electron chi connectivity index (χ0n) is 10.8. The third-order valence-corrected chi connectivity index (χ3v) is 2.22. The van der Waals surface area contributed by atoms with E-state index in [1.165, 1.54) is 0 Å². The summed E-state index contributed by atoms with van der Waals surface area (Å²) in [5.74, 6) is 5.10. The molecule has 0 unspecified atom stereocenters. The summed E-state index contributed by atoms with van der Waals surface area (Å²) in [5, 5.41) is -1.60. The third-order valence-electron chi connectivity index (χ3n) is 2.22. The second kappa shape index (κ2) is 5.06. The summed E-state index contributed by atoms with van der Waals surface area (Å²) < 4.78 is 0. The summed E-state index contributed by atoms with van der Waals surface area (Å²) in [5.41, 5.74) is 1.42. The van der Waals surface area contributed by atoms with Crippen LogP contribution in [0.15, 0.2) is 12.1 Å². The van der Waals surface area contributed by atoms with Gasteiger partial charge in [-0.25, -0.2) is 4.98 Å². The highest BCUT2D eigenvalue weighted by Gasteiger charge is 2.16. The van der Waals surface area contributed by atoms with E-state index in [0.717, 1.165) is 5.69 Å². The molecule has 0 bridgehead atoms. The number of rotatable bonds is 1. The van der Waals surface area contributed by atoms with Gasteiger partial charge in [-0.1, -0.05) is 25.9 Å². The minimum absolute atomic E-state index is 0.136. The van der Waals surface area contributed by atoms with Crippen LogP contribution in [0.1, 0.15) is 42.5 Å². The fraction of sp³-hybridized carbons (Fsp3) is 0.385. The van der Waals surface area contributed by atoms with Crippen molar-refractivity contribution in [2.24, 2.45) is 0 Å². The van der Waals surface area contributed by atoms with Gasteiger partial charge in [0.15, 0.2) is 6.29 Å². The van der Waals surface area contributed by atoms with Crippen LogP contribution in [-0.4, -0.2) is 34.8 Å². The smallest absolute Gasteiger partial charge is 0.152 e. The normalized spacial score (nSPS) is 11.5. The molecule has 2 nitrogen and oxygen atoms in total. The Labute approximate surface area is 112 Å². The number of pyridine rings is 1. The highest BCUT2D eigenvalue weighted by atomic mass is 16.1. The molecule has 0 saturated carbocycles. The van der Waals surface area contributed by atoms with E-state index in [4.69, 9.17) is 23.5 Å². The highest BCUT2D eigenvalue weighted by molar-refractivity contribution is 6.61. The van der Waals surface area contributed by atoms with E-state index in [2.05, 4.69) is 16.8 Å². The number of hydrogen-bond donors (Lipinski definition) is 0. The monoisotopic (exact) mass is 231 g/mol. The Balaban J connectivity index is 3.31. The Kier molecular flexibility index (Phi) is 4.11. The van der Waals surface area contributed by atoms with Crippen molar-refractivity contribution in [1.29, 1.82) is 0 Å². The first kappa shape index (κ1) is 14.6. The lowest BCUT2D eigenvalue weighted by molar-refractivity contribution is 0.112. The zero-order valence-corrected chi connectivity index (χ0v) is 10.8. The maximum atomic E-state index is 10.9. The predicted octanol–water partition coefficient (Wildman–Crippen LogP) is 1.12. The van der Waals surface area contributed by atoms with Crippen molar-refractivity contribution >= 4 is 29.8 Å². The largest absolute Gasteiger partial charge is 0.298 e. The molecule has 84 valence electrons. The number of aldehydes is 1. The first-order valence-corrected chi connectivity index (χ1v) is 5.50. The van der Waals surface area contributed by atoms with Gasteiger partial charge in [0.25, 0.3) is 0 Å². The minimum Gasteiger partial charge on any atom is -0.298 e. The molecule has 18 heavy (non-hydrogen) atoms. The van der Waals surface area contributed by atoms with E-state index in [-0.39, 0.29) is 5.41 Å². The van der Waals surface area contributed by atoms with Crippen molar-refractivity contribution in [3.63, 3.8) is 0 Å². The van der Waals surface area contributed by atoms with Gasteiger partial charge in [-0.3, -0.25) is 4.79 Å². The standard InChI is InChI=1S/C13H12B3NO/c1-12(2,3)11-5-4-9(8-18)10(17-11)6-7-13(14,15)16/h4-5,8H,1-3H3. The van der Waals surface area contributed by atoms with Crippen LogP contribution in [0.2, 0.25) is 5.11 Å². The second-order valence-electron chi connectivity index (χ2n) is 5.19. The van der Waals surface area contributed by atoms with Gasteiger partial charge in [-0.2, -0.15) is 0 Å². The van der Waals surface area contributed by atoms with Crippen LogP contribution in [0.3, 0.4) is 0 Å². The molecule has 0 aliphatic carbocycles. The first-order valence-electron chi connectivity index (χ1n) is 5.50. The van der Waals surface area contributed by atoms with Crippen LogP contribution in [0, 0.1) is 11.8 Å². The molecule has 0 spiro atoms. The molecule has 0 atom stereocenters. The summed E-state index contributed by atoms with van der Waals surface area (Å²) in [6, 6.07) is 3.48. The quantitative estimate of drug-likeness (QED) is 0.411. The van der Waals surface area contributed by atoms with Crippen LogP contribution < -0.4 is 0 Å². The molecule has 5 heteroatoms. The van der Waals surface area contributed by atoms with Gasteiger partial charge in [-0.15, -0.1) is 5.92 Å². The SMILES string of the molecule is [B]C([B])([B])C#Cc1nc(C(C)(C)C)ccc1C=O. The predicted molar refractivity (Wildman–Crippen MR) is 75.2 cm³/mol. The average Bonchev–Trinajstić information content (AvgIpc) is 2.23. The third kappa shape index (κ3) is 4.11. The fourth-order valence-corrected chi connectivity index (χ4v) is 1.25. The van der Waals surface area contributed by atoms with Crippen LogP contribution in [0.5, 0.6) is 0 Å². The van der Waals surface area contributed by atoms with Crippen LogP contribution in [-0.2, 0) is 5.41 Å². The van der Waals surface area contributed by atoms with Crippen molar-refractivity contribution in [2.75, 3.05) is 0 Å². The lowest BCUT2D eigenvalue weighted by atomic mass is 9.43. The number of carbonyl (C=O) groups excluding carboxylic acids is 1. The summed E-state index contributed by atoms with van der Waals surface area (Å²) in [6.45, 7) is 6.06. The van der Waals surface area contributed by atoms with Crippen molar-refractivity contribution in [1.82, 2.24) is 4.98 Å². The van der Waals surface area contributed by atoms with Gasteiger partial charge in [-0.05, 0) is 18.1 Å². The number of aromatic nitrogens is 1. The van der Waals surface area contributed by atoms with Gasteiger partial charge in [0.1, 0.15) is 5.69 Å². The molecule has 1 rings (SSSR count). The molecule has 0 amide bonds. The molecule has 6 radical (unpaired) electrons. The Morgan fingerprint density at radius 1 is 1.22 bits per heavy atom. The fourth-order valence-electron chi connectivity index (χ4n) is 1.25. The van der Waals surface area contributed by atoms with E-state index in [1.807, 2.05) is 20.8 Å². The summed E-state index contributed by atoms with van der Waals surface area (Å²) in [6.07, 6.45) is 0.689. The molecular weight excluding hydrogens is 219 g/mol. The van der Waals surface area contributed by atoms with Gasteiger partial charge >= 0.3 is 0 Å². The molecular formula is C13H12B3NO. The van der Waals surface area contributed by atoms with Gasteiger partial charge in [0.05, 0.1) is 23.5 Å². The molecule has 0 saturated heterocycles. The number of hydrogen-bond acceptors (Lipinski definition) is 2. The average molecular weight is 231 g/mol. The minimum atomic E-state index is -1.60. The lowest BCUT2D eigenvalue weighted by Gasteiger charge is -2.18. The number of nitrogens with zero attached hydrogens (tertiary/aromatic N) is 1. The number of carbonyl (C=O) groups is 1. The summed E-state index contributed by atoms with van der Waals surface area (Å²) >= 11 is 0. The van der Waals surface area contributed by atoms with Crippen LogP contribution >= 0.6 is 0 Å². The van der Waals surface area contributed by atoms with Gasteiger partial charge in [0.2, 0.25) is 0 Å². The van der Waals surface area contributed by atoms with Gasteiger partial charge in [0, 0.05) is 16.7 Å². The van der Waals surface area contributed by atoms with Crippen molar-refractivity contribution < 1.29 is 4.79 Å². The van der Waals surface area contributed by atoms with E-state index in [9.17, 15) is 4.79 Å². The van der Waals surface area contributed by atoms with Crippen molar-refractivity contribution in [3.8, 4) is 11.8 Å². The summed E-state index contributed by atoms with van der Waals surface area (Å²) in [4.78, 5) is 15.3. The summed E-state index contributed by atoms with van der Waals surface area (Å²) in [7, 11) is 16.1. The maximum Gasteiger partial charge on any atom is 0.152 e. The maximum absolute atomic E-state index is 10.9. The molecule has 0 aliphatic heterocycles. The molecule has 0 N–H and O–H groups in total. The van der Waals surface area contributed by atoms with E-state index in [1.54, 1.807) is 12.1 Å². The van der Waals surface area contributed by atoms with Crippen molar-refractivity contribution in [3.05, 3.63) is 29.1 Å². The molecule has 0 aromatic carbocycles. The Morgan fingerprint density at radius 2 is 1.83 bits per heavy atom. The Bertz CT molecular complexity index is 516. The molecule has 1 aromatic heterocycles. The zero-order chi connectivity index (χ0) is 14.0. The Hall–Kier alpha value is -1.43. The second-order valence-corrected chi connectivity index (χ2v) is 5.19. The topological polar surface area (TPSA) is 30.0 Å². The highest BCUT2D eigenvalue weighted by Crippen LogP contribution is 2.21.